The van der Waals surface area contributed by atoms with E-state index in [4.69, 9.17) is 0 Å². The number of hydrogen-bond donors (Lipinski definition) is 1. The smallest absolute Gasteiger partial charge is 0.294 e. The Morgan fingerprint density at radius 1 is 1.38 bits per heavy atom. The Kier molecular flexibility index (Phi) is 4.02. The Morgan fingerprint density at radius 3 is 2.62 bits per heavy atom. The zero-order valence-corrected chi connectivity index (χ0v) is 12.1. The van der Waals surface area contributed by atoms with Gasteiger partial charge in [0.1, 0.15) is 5.69 Å². The van der Waals surface area contributed by atoms with Gasteiger partial charge in [0, 0.05) is 23.9 Å². The molecule has 1 aromatic carbocycles. The molecule has 1 N–H and O–H groups in total. The second-order valence-corrected chi connectivity index (χ2v) is 4.66. The number of amides is 1. The Labute approximate surface area is 121 Å². The number of benzene rings is 1. The number of rotatable bonds is 4. The van der Waals surface area contributed by atoms with Crippen LogP contribution in [0, 0.1) is 24.0 Å². The van der Waals surface area contributed by atoms with E-state index in [1.807, 2.05) is 26.8 Å². The predicted molar refractivity (Wildman–Crippen MR) is 77.7 cm³/mol. The molecular weight excluding hydrogens is 272 g/mol. The van der Waals surface area contributed by atoms with Crippen molar-refractivity contribution in [3.8, 4) is 5.69 Å². The highest BCUT2D eigenvalue weighted by Gasteiger charge is 2.20. The van der Waals surface area contributed by atoms with Crippen LogP contribution < -0.4 is 5.32 Å². The summed E-state index contributed by atoms with van der Waals surface area (Å²) >= 11 is 0. The first-order chi connectivity index (χ1) is 9.93. The van der Waals surface area contributed by atoms with E-state index < -0.39 is 4.92 Å². The van der Waals surface area contributed by atoms with Crippen molar-refractivity contribution < 1.29 is 9.72 Å². The summed E-state index contributed by atoms with van der Waals surface area (Å²) < 4.78 is 1.48. The average Bonchev–Trinajstić information content (AvgIpc) is 2.77. The molecule has 0 saturated carbocycles. The lowest BCUT2D eigenvalue weighted by molar-refractivity contribution is -0.384. The number of aromatic nitrogens is 2. The zero-order chi connectivity index (χ0) is 15.6. The van der Waals surface area contributed by atoms with Gasteiger partial charge in [-0.05, 0) is 39.0 Å². The molecule has 7 heteroatoms. The Balaban J connectivity index is 2.60. The molecule has 0 radical (unpaired) electrons. The minimum Gasteiger partial charge on any atom is -0.352 e. The number of nitro groups is 1. The fourth-order valence-electron chi connectivity index (χ4n) is 2.12. The second-order valence-electron chi connectivity index (χ2n) is 4.66. The van der Waals surface area contributed by atoms with E-state index >= 15 is 0 Å². The molecule has 0 fully saturated rings. The lowest BCUT2D eigenvalue weighted by atomic mass is 10.1. The normalized spacial score (nSPS) is 10.4. The fraction of sp³-hybridized carbons (Fsp3) is 0.286. The molecule has 0 atom stereocenters. The number of nitro benzene ring substituents is 1. The first kappa shape index (κ1) is 14.7. The molecule has 1 aromatic heterocycles. The molecule has 0 aliphatic carbocycles. The minimum absolute atomic E-state index is 0.0887. The first-order valence-electron chi connectivity index (χ1n) is 6.54. The highest BCUT2D eigenvalue weighted by atomic mass is 16.6. The summed E-state index contributed by atoms with van der Waals surface area (Å²) in [5.74, 6) is -0.268. The van der Waals surface area contributed by atoms with Gasteiger partial charge in [0.05, 0.1) is 10.6 Å². The number of hydrogen-bond acceptors (Lipinski definition) is 4. The molecule has 2 rings (SSSR count). The largest absolute Gasteiger partial charge is 0.352 e. The highest BCUT2D eigenvalue weighted by Crippen LogP contribution is 2.25. The third kappa shape index (κ3) is 2.91. The lowest BCUT2D eigenvalue weighted by Crippen LogP contribution is -2.23. The molecule has 0 aliphatic heterocycles. The van der Waals surface area contributed by atoms with Crippen LogP contribution in [-0.4, -0.2) is 27.2 Å². The van der Waals surface area contributed by atoms with Gasteiger partial charge in [0.2, 0.25) is 0 Å². The third-order valence-corrected chi connectivity index (χ3v) is 3.01. The first-order valence-corrected chi connectivity index (χ1v) is 6.54. The molecule has 7 nitrogen and oxygen atoms in total. The van der Waals surface area contributed by atoms with Gasteiger partial charge in [-0.3, -0.25) is 14.9 Å². The zero-order valence-electron chi connectivity index (χ0n) is 12.1. The van der Waals surface area contributed by atoms with Crippen LogP contribution in [0.4, 0.5) is 5.69 Å². The number of carbonyl (C=O) groups excluding carboxylic acids is 1. The average molecular weight is 288 g/mol. The standard InChI is InChI=1S/C14H16N4O3/c1-4-15-14(19)11-5-6-12(18(20)21)13(8-11)17-10(3)7-9(2)16-17/h5-8H,4H2,1-3H3,(H,15,19). The van der Waals surface area contributed by atoms with Gasteiger partial charge < -0.3 is 5.32 Å². The van der Waals surface area contributed by atoms with Crippen LogP contribution in [0.2, 0.25) is 0 Å². The lowest BCUT2D eigenvalue weighted by Gasteiger charge is -2.08. The summed E-state index contributed by atoms with van der Waals surface area (Å²) in [7, 11) is 0. The fourth-order valence-corrected chi connectivity index (χ4v) is 2.12. The molecular formula is C14H16N4O3. The molecule has 21 heavy (non-hydrogen) atoms. The Hall–Kier alpha value is -2.70. The van der Waals surface area contributed by atoms with Gasteiger partial charge in [-0.25, -0.2) is 4.68 Å². The SMILES string of the molecule is CCNC(=O)c1ccc([N+](=O)[O-])c(-n2nc(C)cc2C)c1. The van der Waals surface area contributed by atoms with Gasteiger partial charge in [-0.1, -0.05) is 0 Å². The molecule has 0 saturated heterocycles. The van der Waals surface area contributed by atoms with Crippen LogP contribution >= 0.6 is 0 Å². The van der Waals surface area contributed by atoms with Gasteiger partial charge in [0.25, 0.3) is 11.6 Å². The second kappa shape index (κ2) is 5.74. The van der Waals surface area contributed by atoms with Crippen molar-refractivity contribution >= 4 is 11.6 Å². The van der Waals surface area contributed by atoms with E-state index in [1.54, 1.807) is 0 Å². The molecule has 0 spiro atoms. The Morgan fingerprint density at radius 2 is 2.10 bits per heavy atom. The quantitative estimate of drug-likeness (QED) is 0.689. The summed E-state index contributed by atoms with van der Waals surface area (Å²) in [5, 5.41) is 18.1. The van der Waals surface area contributed by atoms with Crippen LogP contribution in [-0.2, 0) is 0 Å². The summed E-state index contributed by atoms with van der Waals surface area (Å²) in [6, 6.07) is 6.08. The molecule has 1 heterocycles. The topological polar surface area (TPSA) is 90.1 Å². The van der Waals surface area contributed by atoms with Gasteiger partial charge >= 0.3 is 0 Å². The highest BCUT2D eigenvalue weighted by molar-refractivity contribution is 5.95. The van der Waals surface area contributed by atoms with E-state index in [0.717, 1.165) is 11.4 Å². The monoisotopic (exact) mass is 288 g/mol. The molecule has 0 bridgehead atoms. The summed E-state index contributed by atoms with van der Waals surface area (Å²) in [4.78, 5) is 22.6. The molecule has 0 aliphatic rings. The summed E-state index contributed by atoms with van der Waals surface area (Å²) in [5.41, 5.74) is 2.09. The van der Waals surface area contributed by atoms with E-state index in [1.165, 1.54) is 22.9 Å². The third-order valence-electron chi connectivity index (χ3n) is 3.01. The van der Waals surface area contributed by atoms with Crippen molar-refractivity contribution in [1.82, 2.24) is 15.1 Å². The van der Waals surface area contributed by atoms with E-state index in [2.05, 4.69) is 10.4 Å². The van der Waals surface area contributed by atoms with Crippen molar-refractivity contribution in [2.75, 3.05) is 6.54 Å². The van der Waals surface area contributed by atoms with Crippen molar-refractivity contribution in [3.63, 3.8) is 0 Å². The van der Waals surface area contributed by atoms with E-state index in [9.17, 15) is 14.9 Å². The number of aryl methyl sites for hydroxylation is 2. The molecule has 2 aromatic rings. The van der Waals surface area contributed by atoms with Crippen molar-refractivity contribution in [3.05, 3.63) is 51.3 Å². The molecule has 0 unspecified atom stereocenters. The van der Waals surface area contributed by atoms with Crippen molar-refractivity contribution in [1.29, 1.82) is 0 Å². The number of nitrogens with one attached hydrogen (secondary N) is 1. The van der Waals surface area contributed by atoms with E-state index in [0.29, 0.717) is 12.1 Å². The van der Waals surface area contributed by atoms with Crippen LogP contribution in [0.5, 0.6) is 0 Å². The van der Waals surface area contributed by atoms with Gasteiger partial charge in [-0.15, -0.1) is 0 Å². The van der Waals surface area contributed by atoms with Crippen LogP contribution in [0.15, 0.2) is 24.3 Å². The Bertz CT molecular complexity index is 706. The summed E-state index contributed by atoms with van der Waals surface area (Å²) in [6.45, 7) is 5.92. The van der Waals surface area contributed by atoms with Crippen LogP contribution in [0.3, 0.4) is 0 Å². The molecule has 1 amide bonds. The number of carbonyl (C=O) groups is 1. The molecule has 110 valence electrons. The van der Waals surface area contributed by atoms with Gasteiger partial charge in [0.15, 0.2) is 0 Å². The van der Waals surface area contributed by atoms with Crippen LogP contribution in [0.1, 0.15) is 28.7 Å². The maximum Gasteiger partial charge on any atom is 0.294 e. The maximum absolute atomic E-state index is 11.9. The predicted octanol–water partition coefficient (Wildman–Crippen LogP) is 2.15. The van der Waals surface area contributed by atoms with E-state index in [-0.39, 0.29) is 17.3 Å². The van der Waals surface area contributed by atoms with Crippen LogP contribution in [0.25, 0.3) is 5.69 Å². The van der Waals surface area contributed by atoms with Gasteiger partial charge in [-0.2, -0.15) is 5.10 Å². The summed E-state index contributed by atoms with van der Waals surface area (Å²) in [6.07, 6.45) is 0. The maximum atomic E-state index is 11.9. The van der Waals surface area contributed by atoms with Crippen molar-refractivity contribution in [2.24, 2.45) is 0 Å². The minimum atomic E-state index is -0.479. The number of nitrogens with zero attached hydrogens (tertiary/aromatic N) is 3. The van der Waals surface area contributed by atoms with Crippen molar-refractivity contribution in [2.45, 2.75) is 20.8 Å².